The van der Waals surface area contributed by atoms with Gasteiger partial charge in [0, 0.05) is 12.2 Å². The maximum absolute atomic E-state index is 13.4. The van der Waals surface area contributed by atoms with Crippen molar-refractivity contribution in [3.8, 4) is 16.3 Å². The van der Waals surface area contributed by atoms with Gasteiger partial charge in [-0.15, -0.1) is 11.3 Å². The number of rotatable bonds is 6. The average Bonchev–Trinajstić information content (AvgIpc) is 3.42. The van der Waals surface area contributed by atoms with Gasteiger partial charge >= 0.3 is 0 Å². The summed E-state index contributed by atoms with van der Waals surface area (Å²) in [5.41, 5.74) is 5.87. The second kappa shape index (κ2) is 8.58. The van der Waals surface area contributed by atoms with Crippen LogP contribution in [0.2, 0.25) is 10.0 Å². The summed E-state index contributed by atoms with van der Waals surface area (Å²) in [6, 6.07) is 6.03. The number of primary amides is 1. The maximum atomic E-state index is 13.4. The van der Waals surface area contributed by atoms with Crippen LogP contribution in [0.25, 0.3) is 16.3 Å². The van der Waals surface area contributed by atoms with Gasteiger partial charge in [-0.25, -0.2) is 18.4 Å². The molecule has 2 atom stereocenters. The van der Waals surface area contributed by atoms with E-state index in [0.717, 1.165) is 19.4 Å². The molecule has 1 aromatic carbocycles. The van der Waals surface area contributed by atoms with E-state index in [0.29, 0.717) is 21.3 Å². The zero-order valence-electron chi connectivity index (χ0n) is 15.5. The second-order valence-electron chi connectivity index (χ2n) is 6.88. The number of carbonyl (C=O) groups excluding carboxylic acids is 1. The van der Waals surface area contributed by atoms with Crippen molar-refractivity contribution in [1.29, 1.82) is 0 Å². The van der Waals surface area contributed by atoms with Crippen molar-refractivity contribution in [1.82, 2.24) is 20.1 Å². The minimum Gasteiger partial charge on any atom is -0.369 e. The molecular weight excluding hydrogens is 455 g/mol. The summed E-state index contributed by atoms with van der Waals surface area (Å²) in [6.07, 6.45) is 0.506. The van der Waals surface area contributed by atoms with E-state index >= 15 is 0 Å². The standard InChI is InChI=1S/C19H17Cl2F2N5OS/c20-9-3-1-4-10(21)16(9)28-13(7-12(27-28)17(22)23)14-8-26-19(30-14)15(18(24)29)11-5-2-6-25-11/h1,3-4,7-8,11,15,17,25H,2,5-6H2,(H2,24,29)/t11-,15?/m0/s1. The van der Waals surface area contributed by atoms with Crippen LogP contribution in [0.5, 0.6) is 0 Å². The van der Waals surface area contributed by atoms with E-state index in [4.69, 9.17) is 28.9 Å². The molecule has 3 N–H and O–H groups in total. The van der Waals surface area contributed by atoms with E-state index in [1.807, 2.05) is 0 Å². The first-order valence-corrected chi connectivity index (χ1v) is 10.8. The number of nitrogens with one attached hydrogen (secondary N) is 1. The van der Waals surface area contributed by atoms with Crippen LogP contribution in [0.3, 0.4) is 0 Å². The minimum atomic E-state index is -2.78. The Morgan fingerprint density at radius 2 is 2.07 bits per heavy atom. The molecule has 1 saturated heterocycles. The number of alkyl halides is 2. The Balaban J connectivity index is 1.81. The molecule has 1 aliphatic rings. The molecule has 2 aromatic heterocycles. The molecule has 0 spiro atoms. The smallest absolute Gasteiger partial charge is 0.282 e. The molecular formula is C19H17Cl2F2N5OS. The van der Waals surface area contributed by atoms with Gasteiger partial charge in [-0.1, -0.05) is 29.3 Å². The van der Waals surface area contributed by atoms with Crippen LogP contribution in [0.1, 0.15) is 35.9 Å². The second-order valence-corrected chi connectivity index (χ2v) is 8.76. The molecule has 0 bridgehead atoms. The Morgan fingerprint density at radius 3 is 2.67 bits per heavy atom. The largest absolute Gasteiger partial charge is 0.369 e. The third-order valence-corrected chi connectivity index (χ3v) is 6.66. The Morgan fingerprint density at radius 1 is 1.33 bits per heavy atom. The van der Waals surface area contributed by atoms with E-state index in [-0.39, 0.29) is 16.1 Å². The zero-order chi connectivity index (χ0) is 21.4. The third-order valence-electron chi connectivity index (χ3n) is 4.95. The first-order valence-electron chi connectivity index (χ1n) is 9.18. The lowest BCUT2D eigenvalue weighted by molar-refractivity contribution is -0.120. The number of nitrogens with two attached hydrogens (primary N) is 1. The summed E-state index contributed by atoms with van der Waals surface area (Å²) < 4.78 is 28.1. The van der Waals surface area contributed by atoms with Gasteiger partial charge in [-0.2, -0.15) is 5.10 Å². The lowest BCUT2D eigenvalue weighted by Crippen LogP contribution is -2.37. The Labute approximate surface area is 185 Å². The number of benzene rings is 1. The van der Waals surface area contributed by atoms with Crippen molar-refractivity contribution in [2.45, 2.75) is 31.2 Å². The summed E-state index contributed by atoms with van der Waals surface area (Å²) >= 11 is 13.8. The molecule has 0 radical (unpaired) electrons. The topological polar surface area (TPSA) is 85.8 Å². The fraction of sp³-hybridized carbons (Fsp3) is 0.316. The summed E-state index contributed by atoms with van der Waals surface area (Å²) in [5.74, 6) is -1.08. The number of thiazole rings is 1. The molecule has 3 heterocycles. The van der Waals surface area contributed by atoms with Crippen molar-refractivity contribution >= 4 is 40.4 Å². The van der Waals surface area contributed by atoms with E-state index in [1.54, 1.807) is 18.2 Å². The molecule has 0 aliphatic carbocycles. The van der Waals surface area contributed by atoms with Crippen LogP contribution < -0.4 is 11.1 Å². The highest BCUT2D eigenvalue weighted by atomic mass is 35.5. The van der Waals surface area contributed by atoms with E-state index in [2.05, 4.69) is 15.4 Å². The van der Waals surface area contributed by atoms with Gasteiger partial charge in [0.25, 0.3) is 6.43 Å². The van der Waals surface area contributed by atoms with Crippen molar-refractivity contribution < 1.29 is 13.6 Å². The quantitative estimate of drug-likeness (QED) is 0.551. The fourth-order valence-electron chi connectivity index (χ4n) is 3.58. The molecule has 158 valence electrons. The van der Waals surface area contributed by atoms with E-state index in [1.165, 1.54) is 28.3 Å². The van der Waals surface area contributed by atoms with Crippen LogP contribution in [-0.2, 0) is 4.79 Å². The highest BCUT2D eigenvalue weighted by Crippen LogP contribution is 2.38. The number of carbonyl (C=O) groups is 1. The van der Waals surface area contributed by atoms with Crippen LogP contribution >= 0.6 is 34.5 Å². The molecule has 3 aromatic rings. The fourth-order valence-corrected chi connectivity index (χ4v) is 5.23. The summed E-state index contributed by atoms with van der Waals surface area (Å²) in [6.45, 7) is 0.808. The van der Waals surface area contributed by atoms with Crippen LogP contribution in [0.4, 0.5) is 8.78 Å². The highest BCUT2D eigenvalue weighted by molar-refractivity contribution is 7.15. The molecule has 1 fully saturated rings. The third kappa shape index (κ3) is 3.94. The monoisotopic (exact) mass is 471 g/mol. The van der Waals surface area contributed by atoms with Crippen molar-refractivity contribution in [2.75, 3.05) is 6.54 Å². The number of para-hydroxylation sites is 1. The SMILES string of the molecule is NC(=O)C(c1ncc(-c2cc(C(F)F)nn2-c2c(Cl)cccc2Cl)s1)[C@@H]1CCCN1. The van der Waals surface area contributed by atoms with Crippen LogP contribution in [0.15, 0.2) is 30.5 Å². The molecule has 30 heavy (non-hydrogen) atoms. The van der Waals surface area contributed by atoms with Gasteiger partial charge in [0.05, 0.1) is 20.6 Å². The molecule has 4 rings (SSSR count). The van der Waals surface area contributed by atoms with Gasteiger partial charge in [-0.05, 0) is 37.6 Å². The molecule has 6 nitrogen and oxygen atoms in total. The molecule has 0 saturated carbocycles. The predicted octanol–water partition coefficient (Wildman–Crippen LogP) is 4.56. The van der Waals surface area contributed by atoms with Gasteiger partial charge in [0.2, 0.25) is 5.91 Å². The van der Waals surface area contributed by atoms with Crippen LogP contribution in [0, 0.1) is 0 Å². The number of aromatic nitrogens is 3. The lowest BCUT2D eigenvalue weighted by atomic mass is 9.98. The van der Waals surface area contributed by atoms with E-state index in [9.17, 15) is 13.6 Å². The predicted molar refractivity (Wildman–Crippen MR) is 113 cm³/mol. The van der Waals surface area contributed by atoms with Gasteiger partial charge in [0.15, 0.2) is 0 Å². The molecule has 11 heteroatoms. The normalized spacial score (nSPS) is 17.6. The summed E-state index contributed by atoms with van der Waals surface area (Å²) in [4.78, 5) is 17.0. The number of halogens is 4. The number of amides is 1. The summed E-state index contributed by atoms with van der Waals surface area (Å²) in [5, 5.41) is 8.34. The zero-order valence-corrected chi connectivity index (χ0v) is 17.8. The average molecular weight is 472 g/mol. The molecule has 1 unspecified atom stereocenters. The maximum Gasteiger partial charge on any atom is 0.282 e. The minimum absolute atomic E-state index is 0.0963. The van der Waals surface area contributed by atoms with E-state index < -0.39 is 23.9 Å². The Bertz CT molecular complexity index is 1060. The number of hydrogen-bond acceptors (Lipinski definition) is 5. The van der Waals surface area contributed by atoms with Crippen molar-refractivity contribution in [3.05, 3.63) is 51.2 Å². The Kier molecular flexibility index (Phi) is 6.06. The lowest BCUT2D eigenvalue weighted by Gasteiger charge is -2.18. The molecule has 1 aliphatic heterocycles. The van der Waals surface area contributed by atoms with Gasteiger partial charge in [0.1, 0.15) is 22.3 Å². The highest BCUT2D eigenvalue weighted by Gasteiger charge is 2.33. The number of hydrogen-bond donors (Lipinski definition) is 2. The van der Waals surface area contributed by atoms with Crippen LogP contribution in [-0.4, -0.2) is 33.3 Å². The molecule has 1 amide bonds. The van der Waals surface area contributed by atoms with Crippen molar-refractivity contribution in [2.24, 2.45) is 5.73 Å². The summed E-state index contributed by atoms with van der Waals surface area (Å²) in [7, 11) is 0. The van der Waals surface area contributed by atoms with Gasteiger partial charge in [-0.3, -0.25) is 4.79 Å². The Hall–Kier alpha value is -2.07. The van der Waals surface area contributed by atoms with Crippen molar-refractivity contribution in [3.63, 3.8) is 0 Å². The first-order chi connectivity index (χ1) is 14.4. The first kappa shape index (κ1) is 21.2. The van der Waals surface area contributed by atoms with Gasteiger partial charge < -0.3 is 11.1 Å². The number of nitrogens with zero attached hydrogens (tertiary/aromatic N) is 3.